The van der Waals surface area contributed by atoms with Gasteiger partial charge in [0.15, 0.2) is 5.69 Å². The van der Waals surface area contributed by atoms with Gasteiger partial charge in [-0.3, -0.25) is 0 Å². The summed E-state index contributed by atoms with van der Waals surface area (Å²) in [7, 11) is 0. The maximum absolute atomic E-state index is 10.9. The molecular weight excluding hydrogens is 224 g/mol. The largest absolute Gasteiger partial charge is 0.476 e. The number of carboxylic acids is 1. The number of carbonyl (C=O) groups is 1. The Morgan fingerprint density at radius 3 is 3.06 bits per heavy atom. The van der Waals surface area contributed by atoms with E-state index in [0.29, 0.717) is 12.2 Å². The molecule has 0 spiro atoms. The van der Waals surface area contributed by atoms with Crippen LogP contribution in [0.1, 0.15) is 16.1 Å². The lowest BCUT2D eigenvalue weighted by Gasteiger charge is -2.07. The van der Waals surface area contributed by atoms with Crippen molar-refractivity contribution < 1.29 is 9.90 Å². The number of anilines is 1. The Morgan fingerprint density at radius 1 is 1.50 bits per heavy atom. The zero-order valence-electron chi connectivity index (χ0n) is 8.38. The Hall–Kier alpha value is -1.88. The van der Waals surface area contributed by atoms with Gasteiger partial charge in [0, 0.05) is 12.7 Å². The van der Waals surface area contributed by atoms with E-state index in [1.54, 1.807) is 23.5 Å². The number of nitrogens with zero attached hydrogens (tertiary/aromatic N) is 1. The fraction of sp³-hybridized carbons (Fsp3) is 0.0909. The summed E-state index contributed by atoms with van der Waals surface area (Å²) in [5.41, 5.74) is 1.73. The van der Waals surface area contributed by atoms with E-state index in [0.717, 1.165) is 5.56 Å². The number of hydrogen-bond donors (Lipinski definition) is 2. The fourth-order valence-corrected chi connectivity index (χ4v) is 1.98. The number of nitrogens with one attached hydrogen (secondary N) is 1. The average molecular weight is 234 g/mol. The predicted octanol–water partition coefficient (Wildman–Crippen LogP) is 2.45. The van der Waals surface area contributed by atoms with Gasteiger partial charge >= 0.3 is 5.97 Å². The van der Waals surface area contributed by atoms with Crippen molar-refractivity contribution in [2.24, 2.45) is 0 Å². The number of aromatic nitrogens is 1. The summed E-state index contributed by atoms with van der Waals surface area (Å²) in [6, 6.07) is 5.42. The van der Waals surface area contributed by atoms with Crippen molar-refractivity contribution in [1.29, 1.82) is 0 Å². The molecular formula is C11H10N2O2S. The third-order valence-electron chi connectivity index (χ3n) is 2.07. The Labute approximate surface area is 96.6 Å². The van der Waals surface area contributed by atoms with E-state index in [-0.39, 0.29) is 5.69 Å². The van der Waals surface area contributed by atoms with Crippen LogP contribution in [0.4, 0.5) is 5.69 Å². The average Bonchev–Trinajstić information content (AvgIpc) is 2.79. The zero-order valence-corrected chi connectivity index (χ0v) is 9.20. The molecule has 2 aromatic rings. The van der Waals surface area contributed by atoms with Gasteiger partial charge in [0.2, 0.25) is 0 Å². The lowest BCUT2D eigenvalue weighted by Crippen LogP contribution is -2.07. The first-order chi connectivity index (χ1) is 7.77. The minimum atomic E-state index is -1.02. The molecule has 0 unspecified atom stereocenters. The summed E-state index contributed by atoms with van der Waals surface area (Å²) in [6.45, 7) is 0.607. The number of pyridine rings is 1. The van der Waals surface area contributed by atoms with Gasteiger partial charge in [0.1, 0.15) is 0 Å². The number of hydrogen-bond acceptors (Lipinski definition) is 4. The van der Waals surface area contributed by atoms with Gasteiger partial charge in [-0.1, -0.05) is 0 Å². The minimum absolute atomic E-state index is 0.0535. The van der Waals surface area contributed by atoms with Gasteiger partial charge in [0.05, 0.1) is 5.69 Å². The molecule has 2 N–H and O–H groups in total. The predicted molar refractivity (Wildman–Crippen MR) is 62.8 cm³/mol. The van der Waals surface area contributed by atoms with Crippen LogP contribution in [0.25, 0.3) is 0 Å². The van der Waals surface area contributed by atoms with Crippen molar-refractivity contribution in [3.8, 4) is 0 Å². The van der Waals surface area contributed by atoms with Crippen molar-refractivity contribution in [2.75, 3.05) is 5.32 Å². The monoisotopic (exact) mass is 234 g/mol. The number of carboxylic acid groups (broad SMARTS) is 1. The molecule has 0 aliphatic carbocycles. The molecule has 16 heavy (non-hydrogen) atoms. The molecule has 4 nitrogen and oxygen atoms in total. The Morgan fingerprint density at radius 2 is 2.38 bits per heavy atom. The topological polar surface area (TPSA) is 62.2 Å². The molecule has 0 aliphatic heterocycles. The first-order valence-corrected chi connectivity index (χ1v) is 5.65. The first-order valence-electron chi connectivity index (χ1n) is 4.70. The standard InChI is InChI=1S/C11H10N2O2S/c14-11(15)10-9(2-1-4-12-10)13-6-8-3-5-16-7-8/h1-5,7,13H,6H2,(H,14,15). The molecule has 0 aromatic carbocycles. The van der Waals surface area contributed by atoms with Gasteiger partial charge in [-0.05, 0) is 34.5 Å². The highest BCUT2D eigenvalue weighted by molar-refractivity contribution is 7.07. The van der Waals surface area contributed by atoms with Crippen LogP contribution in [0.15, 0.2) is 35.2 Å². The molecule has 2 heterocycles. The highest BCUT2D eigenvalue weighted by atomic mass is 32.1. The van der Waals surface area contributed by atoms with Crippen LogP contribution in [-0.4, -0.2) is 16.1 Å². The van der Waals surface area contributed by atoms with Crippen molar-refractivity contribution in [3.63, 3.8) is 0 Å². The molecule has 0 aliphatic rings. The smallest absolute Gasteiger partial charge is 0.356 e. The second-order valence-corrected chi connectivity index (χ2v) is 3.97. The molecule has 0 saturated heterocycles. The quantitative estimate of drug-likeness (QED) is 0.853. The summed E-state index contributed by atoms with van der Waals surface area (Å²) >= 11 is 1.61. The van der Waals surface area contributed by atoms with Crippen LogP contribution in [-0.2, 0) is 6.54 Å². The third-order valence-corrected chi connectivity index (χ3v) is 2.81. The van der Waals surface area contributed by atoms with Crippen LogP contribution >= 0.6 is 11.3 Å². The number of aromatic carboxylic acids is 1. The SMILES string of the molecule is O=C(O)c1ncccc1NCc1ccsc1. The Kier molecular flexibility index (Phi) is 3.16. The summed E-state index contributed by atoms with van der Waals surface area (Å²) in [5, 5.41) is 16.0. The molecule has 0 fully saturated rings. The lowest BCUT2D eigenvalue weighted by molar-refractivity contribution is 0.0691. The second-order valence-electron chi connectivity index (χ2n) is 3.19. The molecule has 0 amide bonds. The van der Waals surface area contributed by atoms with Gasteiger partial charge in [0.25, 0.3) is 0 Å². The highest BCUT2D eigenvalue weighted by Crippen LogP contribution is 2.14. The lowest BCUT2D eigenvalue weighted by atomic mass is 10.2. The Bertz CT molecular complexity index is 482. The van der Waals surface area contributed by atoms with Gasteiger partial charge in [-0.25, -0.2) is 9.78 Å². The van der Waals surface area contributed by atoms with Crippen molar-refractivity contribution in [2.45, 2.75) is 6.54 Å². The maximum Gasteiger partial charge on any atom is 0.356 e. The van der Waals surface area contributed by atoms with Crippen molar-refractivity contribution in [3.05, 3.63) is 46.4 Å². The van der Waals surface area contributed by atoms with Crippen LogP contribution in [0.3, 0.4) is 0 Å². The molecule has 0 saturated carbocycles. The van der Waals surface area contributed by atoms with E-state index in [4.69, 9.17) is 5.11 Å². The molecule has 82 valence electrons. The van der Waals surface area contributed by atoms with E-state index in [9.17, 15) is 4.79 Å². The van der Waals surface area contributed by atoms with Crippen molar-refractivity contribution in [1.82, 2.24) is 4.98 Å². The van der Waals surface area contributed by atoms with Gasteiger partial charge < -0.3 is 10.4 Å². The fourth-order valence-electron chi connectivity index (χ4n) is 1.31. The normalized spacial score (nSPS) is 10.0. The van der Waals surface area contributed by atoms with Gasteiger partial charge in [-0.2, -0.15) is 11.3 Å². The summed E-state index contributed by atoms with van der Waals surface area (Å²) in [5.74, 6) is -1.02. The summed E-state index contributed by atoms with van der Waals surface area (Å²) in [6.07, 6.45) is 1.47. The van der Waals surface area contributed by atoms with Crippen LogP contribution < -0.4 is 5.32 Å². The highest BCUT2D eigenvalue weighted by Gasteiger charge is 2.10. The molecule has 0 atom stereocenters. The number of thiophene rings is 1. The van der Waals surface area contributed by atoms with E-state index < -0.39 is 5.97 Å². The van der Waals surface area contributed by atoms with E-state index in [1.165, 1.54) is 6.20 Å². The van der Waals surface area contributed by atoms with E-state index in [2.05, 4.69) is 10.3 Å². The molecule has 0 bridgehead atoms. The van der Waals surface area contributed by atoms with E-state index in [1.807, 2.05) is 16.8 Å². The first kappa shape index (κ1) is 10.6. The second kappa shape index (κ2) is 4.76. The summed E-state index contributed by atoms with van der Waals surface area (Å²) in [4.78, 5) is 14.7. The molecule has 0 radical (unpaired) electrons. The number of rotatable bonds is 4. The molecule has 2 aromatic heterocycles. The van der Waals surface area contributed by atoms with Crippen LogP contribution in [0, 0.1) is 0 Å². The minimum Gasteiger partial charge on any atom is -0.476 e. The molecule has 2 rings (SSSR count). The van der Waals surface area contributed by atoms with Crippen molar-refractivity contribution >= 4 is 23.0 Å². The van der Waals surface area contributed by atoms with E-state index >= 15 is 0 Å². The Balaban J connectivity index is 2.12. The third kappa shape index (κ3) is 2.38. The van der Waals surface area contributed by atoms with Gasteiger partial charge in [-0.15, -0.1) is 0 Å². The zero-order chi connectivity index (χ0) is 11.4. The van der Waals surface area contributed by atoms with Crippen LogP contribution in [0.5, 0.6) is 0 Å². The van der Waals surface area contributed by atoms with Crippen LogP contribution in [0.2, 0.25) is 0 Å². The molecule has 5 heteroatoms. The summed E-state index contributed by atoms with van der Waals surface area (Å²) < 4.78 is 0. The maximum atomic E-state index is 10.9.